The molecule has 3 heterocycles. The first-order valence-electron chi connectivity index (χ1n) is 15.9. The smallest absolute Gasteiger partial charge is 0.338 e. The molecule has 1 saturated heterocycles. The lowest BCUT2D eigenvalue weighted by molar-refractivity contribution is -0.122. The second-order valence-corrected chi connectivity index (χ2v) is 13.9. The van der Waals surface area contributed by atoms with Crippen LogP contribution in [-0.2, 0) is 30.4 Å². The van der Waals surface area contributed by atoms with Gasteiger partial charge in [-0.15, -0.1) is 0 Å². The highest BCUT2D eigenvalue weighted by atomic mass is 32.2. The number of anilines is 3. The average molecular weight is 715 g/mol. The van der Waals surface area contributed by atoms with Gasteiger partial charge in [0.25, 0.3) is 0 Å². The first-order valence-corrected chi connectivity index (χ1v) is 17.6. The number of nitrogens with one attached hydrogen (secondary N) is 1. The van der Waals surface area contributed by atoms with E-state index in [1.807, 2.05) is 43.3 Å². The number of benzene rings is 3. The highest BCUT2D eigenvalue weighted by Gasteiger charge is 2.56. The summed E-state index contributed by atoms with van der Waals surface area (Å²) in [6.45, 7) is 3.53. The topological polar surface area (TPSA) is 144 Å². The van der Waals surface area contributed by atoms with Gasteiger partial charge in [0.05, 0.1) is 41.0 Å². The quantitative estimate of drug-likeness (QED) is 0.180. The molecule has 3 atom stereocenters. The van der Waals surface area contributed by atoms with Crippen molar-refractivity contribution in [3.63, 3.8) is 0 Å². The van der Waals surface area contributed by atoms with E-state index in [0.29, 0.717) is 32.4 Å². The third-order valence-corrected chi connectivity index (χ3v) is 11.0. The number of thiazole rings is 1. The Morgan fingerprint density at radius 3 is 1.94 bits per heavy atom. The van der Waals surface area contributed by atoms with E-state index in [1.54, 1.807) is 38.1 Å². The summed E-state index contributed by atoms with van der Waals surface area (Å²) in [6.07, 6.45) is 0. The number of carbonyl (C=O) groups is 5. The van der Waals surface area contributed by atoms with E-state index in [1.165, 1.54) is 28.8 Å². The second kappa shape index (κ2) is 14.3. The van der Waals surface area contributed by atoms with Crippen LogP contribution in [0.25, 0.3) is 0 Å². The molecule has 0 radical (unpaired) electrons. The van der Waals surface area contributed by atoms with Gasteiger partial charge < -0.3 is 19.7 Å². The first kappa shape index (κ1) is 34.6. The van der Waals surface area contributed by atoms with Crippen LogP contribution in [0.5, 0.6) is 0 Å². The average Bonchev–Trinajstić information content (AvgIpc) is 3.54. The summed E-state index contributed by atoms with van der Waals surface area (Å²) in [4.78, 5) is 82.6. The van der Waals surface area contributed by atoms with Crippen LogP contribution >= 0.6 is 23.1 Å². The largest absolute Gasteiger partial charge is 0.462 e. The molecule has 2 aliphatic rings. The van der Waals surface area contributed by atoms with Crippen LogP contribution < -0.4 is 20.0 Å². The molecule has 258 valence electrons. The van der Waals surface area contributed by atoms with E-state index in [4.69, 9.17) is 9.47 Å². The molecule has 0 spiro atoms. The van der Waals surface area contributed by atoms with Crippen LogP contribution in [0, 0.1) is 5.92 Å². The lowest BCUT2D eigenvalue weighted by atomic mass is 9.83. The van der Waals surface area contributed by atoms with Gasteiger partial charge in [-0.25, -0.2) is 14.5 Å². The molecule has 1 fully saturated rings. The maximum atomic E-state index is 14.2. The molecule has 4 aromatic rings. The summed E-state index contributed by atoms with van der Waals surface area (Å²) in [5, 5.41) is 2.34. The number of rotatable bonds is 10. The number of fused-ring (bicyclic) bond motifs is 2. The van der Waals surface area contributed by atoms with E-state index in [9.17, 15) is 28.8 Å². The van der Waals surface area contributed by atoms with Gasteiger partial charge in [-0.2, -0.15) is 0 Å². The zero-order valence-corrected chi connectivity index (χ0v) is 29.3. The zero-order valence-electron chi connectivity index (χ0n) is 27.7. The predicted molar refractivity (Wildman–Crippen MR) is 190 cm³/mol. The van der Waals surface area contributed by atoms with Crippen LogP contribution in [0.4, 0.5) is 17.1 Å². The summed E-state index contributed by atoms with van der Waals surface area (Å²) in [5.41, 5.74) is 3.06. The second-order valence-electron chi connectivity index (χ2n) is 11.8. The number of imide groups is 1. The summed E-state index contributed by atoms with van der Waals surface area (Å²) in [7, 11) is 3.83. The number of esters is 2. The van der Waals surface area contributed by atoms with Crippen molar-refractivity contribution in [3.8, 4) is 0 Å². The monoisotopic (exact) mass is 714 g/mol. The highest BCUT2D eigenvalue weighted by Crippen LogP contribution is 2.54. The normalized spacial score (nSPS) is 17.9. The summed E-state index contributed by atoms with van der Waals surface area (Å²) in [6, 6.07) is 19.9. The number of ether oxygens (including phenoxy) is 2. The van der Waals surface area contributed by atoms with Gasteiger partial charge in [-0.3, -0.25) is 23.7 Å². The molecule has 3 unspecified atom stereocenters. The van der Waals surface area contributed by atoms with Crippen LogP contribution in [0.15, 0.2) is 82.6 Å². The van der Waals surface area contributed by atoms with Gasteiger partial charge in [0.15, 0.2) is 0 Å². The number of hydrogen-bond acceptors (Lipinski definition) is 11. The van der Waals surface area contributed by atoms with Crippen molar-refractivity contribution >= 4 is 69.8 Å². The van der Waals surface area contributed by atoms with Crippen molar-refractivity contribution in [2.24, 2.45) is 5.92 Å². The van der Waals surface area contributed by atoms with Crippen LogP contribution in [0.2, 0.25) is 0 Å². The number of thioether (sulfide) groups is 1. The van der Waals surface area contributed by atoms with Gasteiger partial charge in [-0.05, 0) is 80.1 Å². The molecule has 2 aliphatic heterocycles. The Morgan fingerprint density at radius 2 is 1.38 bits per heavy atom. The van der Waals surface area contributed by atoms with E-state index in [2.05, 4.69) is 5.32 Å². The fourth-order valence-corrected chi connectivity index (χ4v) is 8.83. The molecule has 0 saturated carbocycles. The van der Waals surface area contributed by atoms with Gasteiger partial charge in [0, 0.05) is 36.3 Å². The van der Waals surface area contributed by atoms with E-state index in [0.717, 1.165) is 39.2 Å². The number of aromatic nitrogens is 1. The minimum Gasteiger partial charge on any atom is -0.462 e. The Balaban J connectivity index is 1.33. The Kier molecular flexibility index (Phi) is 9.93. The SMILES string of the molecule is CCOC(=O)c1ccc(NC(=O)Cn2c3c(sc2=O)C(c2ccc(N(C)C)cc2)C2C(=O)N(c4ccc(C(=O)OCC)cc4)C(=O)C2S3)cc1. The predicted octanol–water partition coefficient (Wildman–Crippen LogP) is 4.76. The van der Waals surface area contributed by atoms with Crippen molar-refractivity contribution in [3.05, 3.63) is 104 Å². The third-order valence-electron chi connectivity index (χ3n) is 8.44. The Labute approximate surface area is 296 Å². The minimum absolute atomic E-state index is 0.211. The Hall–Kier alpha value is -5.21. The molecule has 1 N–H and O–H groups in total. The lowest BCUT2D eigenvalue weighted by Gasteiger charge is -2.31. The van der Waals surface area contributed by atoms with E-state index in [-0.39, 0.29) is 19.8 Å². The number of nitrogens with zero attached hydrogens (tertiary/aromatic N) is 3. The van der Waals surface area contributed by atoms with Gasteiger partial charge in [0.1, 0.15) is 11.8 Å². The molecule has 0 bridgehead atoms. The van der Waals surface area contributed by atoms with Crippen molar-refractivity contribution < 1.29 is 33.4 Å². The first-order chi connectivity index (χ1) is 24.0. The lowest BCUT2D eigenvalue weighted by Crippen LogP contribution is -2.33. The Morgan fingerprint density at radius 1 is 0.800 bits per heavy atom. The summed E-state index contributed by atoms with van der Waals surface area (Å²) < 4.78 is 11.4. The number of hydrogen-bond donors (Lipinski definition) is 1. The molecule has 6 rings (SSSR count). The molecule has 12 nitrogen and oxygen atoms in total. The fraction of sp³-hybridized carbons (Fsp3) is 0.278. The maximum absolute atomic E-state index is 14.2. The van der Waals surface area contributed by atoms with Crippen molar-refractivity contribution in [2.75, 3.05) is 42.4 Å². The van der Waals surface area contributed by atoms with E-state index < -0.39 is 51.6 Å². The van der Waals surface area contributed by atoms with Gasteiger partial charge in [-0.1, -0.05) is 35.2 Å². The van der Waals surface area contributed by atoms with Crippen molar-refractivity contribution in [1.82, 2.24) is 4.57 Å². The van der Waals surface area contributed by atoms with E-state index >= 15 is 0 Å². The van der Waals surface area contributed by atoms with Gasteiger partial charge >= 0.3 is 16.8 Å². The van der Waals surface area contributed by atoms with Crippen LogP contribution in [0.1, 0.15) is 50.9 Å². The van der Waals surface area contributed by atoms with Crippen LogP contribution in [-0.4, -0.2) is 66.8 Å². The number of amides is 3. The fourth-order valence-electron chi connectivity index (χ4n) is 6.06. The Bertz CT molecular complexity index is 2020. The maximum Gasteiger partial charge on any atom is 0.338 e. The molecule has 3 amide bonds. The number of carbonyl (C=O) groups excluding carboxylic acids is 5. The van der Waals surface area contributed by atoms with Crippen LogP contribution in [0.3, 0.4) is 0 Å². The molecular formula is C36H34N4O8S2. The zero-order chi connectivity index (χ0) is 35.7. The van der Waals surface area contributed by atoms with Crippen molar-refractivity contribution in [2.45, 2.75) is 36.6 Å². The van der Waals surface area contributed by atoms with Gasteiger partial charge in [0.2, 0.25) is 17.7 Å². The third kappa shape index (κ3) is 6.55. The minimum atomic E-state index is -0.878. The summed E-state index contributed by atoms with van der Waals surface area (Å²) in [5.74, 6) is -3.80. The molecule has 1 aromatic heterocycles. The van der Waals surface area contributed by atoms with Crippen molar-refractivity contribution in [1.29, 1.82) is 0 Å². The molecule has 0 aliphatic carbocycles. The summed E-state index contributed by atoms with van der Waals surface area (Å²) >= 11 is 2.07. The highest BCUT2D eigenvalue weighted by molar-refractivity contribution is 8.00. The molecule has 50 heavy (non-hydrogen) atoms. The molecular weight excluding hydrogens is 681 g/mol. The standard InChI is InChI=1S/C36H34N4O8S2/c1-5-47-34(44)21-7-13-23(14-8-21)37-26(41)19-39-33-30(50-36(39)46)27(20-9-15-24(16-10-20)38(3)4)28-29(49-33)32(43)40(31(28)42)25-17-11-22(12-18-25)35(45)48-6-2/h7-18,27-29H,5-6,19H2,1-4H3,(H,37,41). The molecule has 3 aromatic carbocycles. The molecule has 14 heteroatoms.